The Morgan fingerprint density at radius 3 is 0.833 bits per heavy atom. The molecule has 6 heavy (non-hydrogen) atoms. The maximum Gasteiger partial charge on any atom is 2.00 e. The Balaban J connectivity index is -0.000000000833. The van der Waals surface area contributed by atoms with Crippen LogP contribution in [0.3, 0.4) is 0 Å². The van der Waals surface area contributed by atoms with E-state index in [1.54, 1.807) is 0 Å². The number of hydrogen-bond acceptors (Lipinski definition) is 2. The molecule has 0 unspecified atom stereocenters. The van der Waals surface area contributed by atoms with Crippen molar-refractivity contribution in [3.05, 3.63) is 0 Å². The van der Waals surface area contributed by atoms with Crippen molar-refractivity contribution < 1.29 is 15.9 Å². The first-order valence-electron chi connectivity index (χ1n) is 0.894. The van der Waals surface area contributed by atoms with Gasteiger partial charge in [0.05, 0.1) is 0 Å². The summed E-state index contributed by atoms with van der Waals surface area (Å²) in [6.07, 6.45) is 0. The summed E-state index contributed by atoms with van der Waals surface area (Å²) in [7, 11) is 2.00. The van der Waals surface area contributed by atoms with Gasteiger partial charge in [0.15, 0.2) is 0 Å². The van der Waals surface area contributed by atoms with E-state index in [9.17, 15) is 0 Å². The molecule has 0 aromatic carbocycles. The van der Waals surface area contributed by atoms with E-state index in [-0.39, 0.29) is 51.8 Å². The molecule has 4 heteroatoms. The molecule has 0 spiro atoms. The van der Waals surface area contributed by atoms with Crippen molar-refractivity contribution in [3.8, 4) is 0 Å². The van der Waals surface area contributed by atoms with Gasteiger partial charge >= 0.3 is 46.1 Å². The van der Waals surface area contributed by atoms with Gasteiger partial charge in [-0.15, -0.1) is 0 Å². The third-order valence-electron chi connectivity index (χ3n) is 0. The monoisotopic (exact) mass is 116 g/mol. The zero-order valence-corrected chi connectivity index (χ0v) is 7.14. The molecule has 0 aromatic rings. The number of hydrogen-bond donors (Lipinski definition) is 2. The smallest absolute Gasteiger partial charge is 1.00 e. The van der Waals surface area contributed by atoms with Crippen LogP contribution in [0.2, 0.25) is 0 Å². The first kappa shape index (κ1) is 26.0. The second-order valence-electron chi connectivity index (χ2n) is 0. The fourth-order valence-corrected chi connectivity index (χ4v) is 0. The molecule has 0 heterocycles. The molecular weight excluding hydrogens is 105 g/mol. The SMILES string of the molecule is CO.CO.[H-].[H-].[H-].[H-].[Mg+2].[Mg+2]. The summed E-state index contributed by atoms with van der Waals surface area (Å²) in [6.45, 7) is 0. The molecule has 0 fully saturated rings. The van der Waals surface area contributed by atoms with Gasteiger partial charge in [-0.2, -0.15) is 0 Å². The van der Waals surface area contributed by atoms with Crippen LogP contribution in [-0.2, 0) is 0 Å². The van der Waals surface area contributed by atoms with Crippen LogP contribution in [0.4, 0.5) is 0 Å². The number of rotatable bonds is 0. The molecule has 0 saturated carbocycles. The van der Waals surface area contributed by atoms with Crippen molar-refractivity contribution >= 4 is 46.1 Å². The van der Waals surface area contributed by atoms with Crippen LogP contribution in [0, 0.1) is 0 Å². The number of aliphatic hydroxyl groups excluding tert-OH is 2. The summed E-state index contributed by atoms with van der Waals surface area (Å²) >= 11 is 0. The minimum Gasteiger partial charge on any atom is -1.00 e. The van der Waals surface area contributed by atoms with Crippen molar-refractivity contribution in [1.82, 2.24) is 0 Å². The van der Waals surface area contributed by atoms with E-state index in [1.165, 1.54) is 0 Å². The Labute approximate surface area is 76.2 Å². The Hall–Kier alpha value is 1.45. The van der Waals surface area contributed by atoms with Gasteiger partial charge in [0.1, 0.15) is 0 Å². The summed E-state index contributed by atoms with van der Waals surface area (Å²) in [6, 6.07) is 0. The van der Waals surface area contributed by atoms with Crippen molar-refractivity contribution in [2.24, 2.45) is 0 Å². The van der Waals surface area contributed by atoms with Crippen molar-refractivity contribution in [2.45, 2.75) is 0 Å². The third-order valence-corrected chi connectivity index (χ3v) is 0. The van der Waals surface area contributed by atoms with Gasteiger partial charge in [-0.25, -0.2) is 0 Å². The molecule has 0 saturated heterocycles. The predicted octanol–water partition coefficient (Wildman–Crippen LogP) is -1.09. The molecule has 36 valence electrons. The fraction of sp³-hybridized carbons (Fsp3) is 1.00. The van der Waals surface area contributed by atoms with Crippen molar-refractivity contribution in [1.29, 1.82) is 0 Å². The molecule has 0 atom stereocenters. The molecule has 0 aliphatic heterocycles. The Bertz CT molecular complexity index is 19.2. The zero-order chi connectivity index (χ0) is 4.00. The van der Waals surface area contributed by atoms with E-state index < -0.39 is 0 Å². The van der Waals surface area contributed by atoms with Crippen LogP contribution in [0.1, 0.15) is 5.71 Å². The molecule has 0 radical (unpaired) electrons. The Morgan fingerprint density at radius 2 is 0.833 bits per heavy atom. The van der Waals surface area contributed by atoms with E-state index in [0.29, 0.717) is 0 Å². The molecule has 2 nitrogen and oxygen atoms in total. The van der Waals surface area contributed by atoms with Gasteiger partial charge < -0.3 is 15.9 Å². The van der Waals surface area contributed by atoms with Crippen LogP contribution in [0.25, 0.3) is 0 Å². The second-order valence-corrected chi connectivity index (χ2v) is 0. The summed E-state index contributed by atoms with van der Waals surface area (Å²) in [5.41, 5.74) is 0. The van der Waals surface area contributed by atoms with Crippen LogP contribution < -0.4 is 0 Å². The normalized spacial score (nSPS) is 2.00. The topological polar surface area (TPSA) is 40.5 Å². The molecule has 2 N–H and O–H groups in total. The fourth-order valence-electron chi connectivity index (χ4n) is 0. The standard InChI is InChI=1S/2CH4O.2Mg.4H/c2*1-2;;;;;;/h2*2H,1H3;;;;;;/q;;2*+2;4*-1. The molecule has 0 rings (SSSR count). The molecule has 0 aliphatic carbocycles. The second kappa shape index (κ2) is 90.9. The molecule has 0 aromatic heterocycles. The van der Waals surface area contributed by atoms with Gasteiger partial charge in [0.2, 0.25) is 0 Å². The summed E-state index contributed by atoms with van der Waals surface area (Å²) in [5, 5.41) is 14.0. The first-order valence-corrected chi connectivity index (χ1v) is 0.894. The number of aliphatic hydroxyl groups is 2. The van der Waals surface area contributed by atoms with Crippen LogP contribution in [0.15, 0.2) is 0 Å². The largest absolute Gasteiger partial charge is 2.00 e. The van der Waals surface area contributed by atoms with Crippen molar-refractivity contribution in [2.75, 3.05) is 14.2 Å². The van der Waals surface area contributed by atoms with Crippen LogP contribution >= 0.6 is 0 Å². The van der Waals surface area contributed by atoms with Gasteiger partial charge in [-0.05, 0) is 0 Å². The van der Waals surface area contributed by atoms with Crippen LogP contribution in [-0.4, -0.2) is 70.5 Å². The van der Waals surface area contributed by atoms with E-state index in [2.05, 4.69) is 0 Å². The van der Waals surface area contributed by atoms with Crippen LogP contribution in [0.5, 0.6) is 0 Å². The van der Waals surface area contributed by atoms with E-state index >= 15 is 0 Å². The van der Waals surface area contributed by atoms with E-state index in [1.807, 2.05) is 0 Å². The molecule has 0 aliphatic rings. The maximum atomic E-state index is 7.00. The van der Waals surface area contributed by atoms with Gasteiger partial charge in [0.25, 0.3) is 0 Å². The van der Waals surface area contributed by atoms with Crippen molar-refractivity contribution in [3.63, 3.8) is 0 Å². The van der Waals surface area contributed by atoms with E-state index in [4.69, 9.17) is 10.2 Å². The van der Waals surface area contributed by atoms with E-state index in [0.717, 1.165) is 14.2 Å². The Kier molecular flexibility index (Phi) is 394. The predicted molar refractivity (Wildman–Crippen MR) is 32.2 cm³/mol. The molecule has 0 bridgehead atoms. The maximum absolute atomic E-state index is 7.00. The minimum atomic E-state index is 0. The first-order chi connectivity index (χ1) is 2.00. The Morgan fingerprint density at radius 1 is 0.833 bits per heavy atom. The molecular formula is C2H12Mg2O2. The third kappa shape index (κ3) is 51.2. The summed E-state index contributed by atoms with van der Waals surface area (Å²) < 4.78 is 0. The average Bonchev–Trinajstić information content (AvgIpc) is 1.50. The summed E-state index contributed by atoms with van der Waals surface area (Å²) in [5.74, 6) is 0. The van der Waals surface area contributed by atoms with Gasteiger partial charge in [-0.3, -0.25) is 0 Å². The quantitative estimate of drug-likeness (QED) is 0.395. The van der Waals surface area contributed by atoms with Gasteiger partial charge in [0, 0.05) is 14.2 Å². The minimum absolute atomic E-state index is 0. The molecule has 0 amide bonds. The zero-order valence-electron chi connectivity index (χ0n) is 8.31. The van der Waals surface area contributed by atoms with Gasteiger partial charge in [-0.1, -0.05) is 0 Å². The summed E-state index contributed by atoms with van der Waals surface area (Å²) in [4.78, 5) is 0. The average molecular weight is 117 g/mol.